The summed E-state index contributed by atoms with van der Waals surface area (Å²) in [6.07, 6.45) is -0.227. The summed E-state index contributed by atoms with van der Waals surface area (Å²) >= 11 is 11.3. The van der Waals surface area contributed by atoms with Gasteiger partial charge < -0.3 is 20.6 Å². The fraction of sp³-hybridized carbons (Fsp3) is 0.312. The third kappa shape index (κ3) is 3.75. The van der Waals surface area contributed by atoms with Crippen molar-refractivity contribution in [2.24, 2.45) is 5.73 Å². The van der Waals surface area contributed by atoms with Crippen LogP contribution in [0.4, 0.5) is 5.69 Å². The highest BCUT2D eigenvalue weighted by Crippen LogP contribution is 2.36. The number of aromatic nitrogens is 1. The molecule has 8 heteroatoms. The van der Waals surface area contributed by atoms with Crippen molar-refractivity contribution in [3.8, 4) is 0 Å². The molecule has 24 heavy (non-hydrogen) atoms. The van der Waals surface area contributed by atoms with Gasteiger partial charge in [-0.05, 0) is 34.3 Å². The first kappa shape index (κ1) is 17.7. The summed E-state index contributed by atoms with van der Waals surface area (Å²) in [5.41, 5.74) is 7.98. The van der Waals surface area contributed by atoms with Crippen LogP contribution in [0.2, 0.25) is 5.15 Å². The van der Waals surface area contributed by atoms with Crippen LogP contribution < -0.4 is 11.1 Å². The minimum Gasteiger partial charge on any atom is -0.456 e. The molecule has 5 nitrogen and oxygen atoms in total. The van der Waals surface area contributed by atoms with Crippen LogP contribution in [0.25, 0.3) is 11.1 Å². The van der Waals surface area contributed by atoms with Gasteiger partial charge in [-0.25, -0.2) is 4.98 Å². The quantitative estimate of drug-likeness (QED) is 0.511. The Hall–Kier alpha value is -1.12. The number of thiophene rings is 1. The molecule has 0 saturated heterocycles. The number of rotatable bonds is 6. The Morgan fingerprint density at radius 3 is 3.00 bits per heavy atom. The largest absolute Gasteiger partial charge is 0.456 e. The SMILES string of the molecule is C[C@H](O)[C@H](N)Cc1oc2c(NCc3cccs3)cc(Cl)nc2c1Br. The fourth-order valence-electron chi connectivity index (χ4n) is 2.30. The second-order valence-electron chi connectivity index (χ2n) is 5.55. The summed E-state index contributed by atoms with van der Waals surface area (Å²) in [5.74, 6) is 0.646. The van der Waals surface area contributed by atoms with Crippen LogP contribution in [0.1, 0.15) is 17.6 Å². The molecule has 128 valence electrons. The average molecular weight is 431 g/mol. The summed E-state index contributed by atoms with van der Waals surface area (Å²) < 4.78 is 6.68. The van der Waals surface area contributed by atoms with Crippen LogP contribution in [0.15, 0.2) is 32.5 Å². The van der Waals surface area contributed by atoms with Gasteiger partial charge in [0.1, 0.15) is 16.4 Å². The molecule has 0 bridgehead atoms. The van der Waals surface area contributed by atoms with Crippen molar-refractivity contribution < 1.29 is 9.52 Å². The monoisotopic (exact) mass is 429 g/mol. The Morgan fingerprint density at radius 2 is 2.33 bits per heavy atom. The molecule has 0 spiro atoms. The van der Waals surface area contributed by atoms with Crippen LogP contribution in [-0.2, 0) is 13.0 Å². The van der Waals surface area contributed by atoms with Crippen LogP contribution in [0.3, 0.4) is 0 Å². The first-order valence-corrected chi connectivity index (χ1v) is 9.48. The molecule has 3 aromatic rings. The number of halogens is 2. The van der Waals surface area contributed by atoms with Crippen molar-refractivity contribution in [3.05, 3.63) is 43.8 Å². The molecular weight excluding hydrogens is 414 g/mol. The Labute approximate surface area is 157 Å². The number of pyridine rings is 1. The van der Waals surface area contributed by atoms with Gasteiger partial charge in [0.25, 0.3) is 0 Å². The molecule has 3 aromatic heterocycles. The highest BCUT2D eigenvalue weighted by molar-refractivity contribution is 9.10. The molecule has 0 fully saturated rings. The van der Waals surface area contributed by atoms with E-state index in [-0.39, 0.29) is 0 Å². The third-order valence-electron chi connectivity index (χ3n) is 3.69. The standard InChI is InChI=1S/C16H17BrClN3O2S/c1-8(22)10(19)5-12-14(17)15-16(23-12)11(6-13(18)21-15)20-7-9-3-2-4-24-9/h2-4,6,8,10,22H,5,7,19H2,1H3,(H,20,21)/t8-,10+/m0/s1. The maximum atomic E-state index is 9.61. The summed E-state index contributed by atoms with van der Waals surface area (Å²) in [5, 5.41) is 15.4. The van der Waals surface area contributed by atoms with Crippen LogP contribution in [-0.4, -0.2) is 22.2 Å². The maximum Gasteiger partial charge on any atom is 0.177 e. The minimum atomic E-state index is -0.627. The smallest absolute Gasteiger partial charge is 0.177 e. The van der Waals surface area contributed by atoms with Gasteiger partial charge >= 0.3 is 0 Å². The topological polar surface area (TPSA) is 84.3 Å². The van der Waals surface area contributed by atoms with Gasteiger partial charge in [-0.2, -0.15) is 0 Å². The molecule has 3 rings (SSSR count). The van der Waals surface area contributed by atoms with Crippen molar-refractivity contribution in [2.75, 3.05) is 5.32 Å². The number of nitrogens with two attached hydrogens (primary N) is 1. The molecule has 0 aliphatic heterocycles. The number of fused-ring (bicyclic) bond motifs is 1. The van der Waals surface area contributed by atoms with E-state index < -0.39 is 12.1 Å². The highest BCUT2D eigenvalue weighted by atomic mass is 79.9. The van der Waals surface area contributed by atoms with Crippen LogP contribution in [0, 0.1) is 0 Å². The molecular formula is C16H17BrClN3O2S. The Balaban J connectivity index is 1.94. The van der Waals surface area contributed by atoms with Gasteiger partial charge in [-0.3, -0.25) is 0 Å². The number of nitrogens with zero attached hydrogens (tertiary/aromatic N) is 1. The van der Waals surface area contributed by atoms with Crippen molar-refractivity contribution in [2.45, 2.75) is 32.0 Å². The van der Waals surface area contributed by atoms with E-state index in [0.717, 1.165) is 10.2 Å². The maximum absolute atomic E-state index is 9.61. The number of aliphatic hydroxyl groups is 1. The van der Waals surface area contributed by atoms with E-state index in [0.29, 0.717) is 35.0 Å². The van der Waals surface area contributed by atoms with Gasteiger partial charge in [0, 0.05) is 30.0 Å². The average Bonchev–Trinajstić information content (AvgIpc) is 3.15. The third-order valence-corrected chi connectivity index (χ3v) is 5.58. The van der Waals surface area contributed by atoms with Gasteiger partial charge in [0.05, 0.1) is 16.3 Å². The lowest BCUT2D eigenvalue weighted by molar-refractivity contribution is 0.160. The molecule has 0 aromatic carbocycles. The second-order valence-corrected chi connectivity index (χ2v) is 7.76. The molecule has 2 atom stereocenters. The first-order valence-electron chi connectivity index (χ1n) is 7.43. The number of hydrogen-bond donors (Lipinski definition) is 3. The lowest BCUT2D eigenvalue weighted by Crippen LogP contribution is -2.34. The van der Waals surface area contributed by atoms with Crippen LogP contribution in [0.5, 0.6) is 0 Å². The number of furan rings is 1. The lowest BCUT2D eigenvalue weighted by Gasteiger charge is -2.12. The van der Waals surface area contributed by atoms with Gasteiger partial charge in [-0.1, -0.05) is 17.7 Å². The molecule has 0 aliphatic rings. The minimum absolute atomic E-state index is 0.379. The molecule has 0 saturated carbocycles. The Morgan fingerprint density at radius 1 is 1.54 bits per heavy atom. The van der Waals surface area contributed by atoms with Crippen molar-refractivity contribution in [1.82, 2.24) is 4.98 Å². The van der Waals surface area contributed by atoms with E-state index in [9.17, 15) is 5.11 Å². The fourth-order valence-corrected chi connectivity index (χ4v) is 3.65. The lowest BCUT2D eigenvalue weighted by atomic mass is 10.1. The molecule has 3 heterocycles. The van der Waals surface area contributed by atoms with E-state index in [4.69, 9.17) is 21.8 Å². The molecule has 0 unspecified atom stereocenters. The zero-order chi connectivity index (χ0) is 17.3. The van der Waals surface area contributed by atoms with Crippen molar-refractivity contribution in [1.29, 1.82) is 0 Å². The zero-order valence-corrected chi connectivity index (χ0v) is 16.1. The molecule has 0 aliphatic carbocycles. The van der Waals surface area contributed by atoms with Crippen LogP contribution >= 0.6 is 38.9 Å². The van der Waals surface area contributed by atoms with Gasteiger partial charge in [0.2, 0.25) is 0 Å². The predicted molar refractivity (Wildman–Crippen MR) is 102 cm³/mol. The van der Waals surface area contributed by atoms with Gasteiger partial charge in [-0.15, -0.1) is 11.3 Å². The van der Waals surface area contributed by atoms with E-state index >= 15 is 0 Å². The summed E-state index contributed by atoms with van der Waals surface area (Å²) in [6, 6.07) is 5.39. The van der Waals surface area contributed by atoms with Crippen molar-refractivity contribution >= 4 is 55.7 Å². The number of anilines is 1. The highest BCUT2D eigenvalue weighted by Gasteiger charge is 2.21. The normalized spacial score (nSPS) is 14.0. The summed E-state index contributed by atoms with van der Waals surface area (Å²) in [7, 11) is 0. The van der Waals surface area contributed by atoms with Crippen molar-refractivity contribution in [3.63, 3.8) is 0 Å². The summed E-state index contributed by atoms with van der Waals surface area (Å²) in [4.78, 5) is 5.54. The zero-order valence-electron chi connectivity index (χ0n) is 12.9. The summed E-state index contributed by atoms with van der Waals surface area (Å²) in [6.45, 7) is 2.33. The van der Waals surface area contributed by atoms with E-state index in [1.807, 2.05) is 11.4 Å². The number of nitrogens with one attached hydrogen (secondary N) is 1. The molecule has 0 radical (unpaired) electrons. The number of aliphatic hydroxyl groups excluding tert-OH is 1. The first-order chi connectivity index (χ1) is 11.5. The van der Waals surface area contributed by atoms with E-state index in [1.54, 1.807) is 24.3 Å². The number of hydrogen-bond acceptors (Lipinski definition) is 6. The Bertz CT molecular complexity index is 836. The molecule has 4 N–H and O–H groups in total. The Kier molecular flexibility index (Phi) is 5.46. The predicted octanol–water partition coefficient (Wildman–Crippen LogP) is 4.17. The second kappa shape index (κ2) is 7.41. The van der Waals surface area contributed by atoms with Gasteiger partial charge in [0.15, 0.2) is 5.58 Å². The van der Waals surface area contributed by atoms with E-state index in [2.05, 4.69) is 32.3 Å². The molecule has 0 amide bonds. The van der Waals surface area contributed by atoms with E-state index in [1.165, 1.54) is 4.88 Å².